The van der Waals surface area contributed by atoms with Gasteiger partial charge in [0.05, 0.1) is 25.4 Å². The van der Waals surface area contributed by atoms with Crippen molar-refractivity contribution in [2.75, 3.05) is 13.2 Å². The van der Waals surface area contributed by atoms with Crippen LogP contribution in [0.25, 0.3) is 0 Å². The second kappa shape index (κ2) is 65.9. The number of esters is 1. The van der Waals surface area contributed by atoms with E-state index in [1.165, 1.54) is 302 Å². The predicted molar refractivity (Wildman–Crippen MR) is 333 cm³/mol. The molecule has 0 saturated carbocycles. The average Bonchev–Trinajstić information content (AvgIpc) is 3.42. The third-order valence-corrected chi connectivity index (χ3v) is 16.3. The van der Waals surface area contributed by atoms with Gasteiger partial charge >= 0.3 is 5.97 Å². The van der Waals surface area contributed by atoms with Crippen molar-refractivity contribution in [2.45, 2.75) is 398 Å². The maximum Gasteiger partial charge on any atom is 0.305 e. The summed E-state index contributed by atoms with van der Waals surface area (Å²) in [6.45, 7) is 4.95. The molecule has 0 heterocycles. The summed E-state index contributed by atoms with van der Waals surface area (Å²) >= 11 is 0. The summed E-state index contributed by atoms with van der Waals surface area (Å²) in [5.74, 6) is -0.0234. The topological polar surface area (TPSA) is 95.9 Å². The number of rotatable bonds is 65. The van der Waals surface area contributed by atoms with Crippen LogP contribution >= 0.6 is 0 Å². The standard InChI is InChI=1S/C70H135NO5/c1-3-5-7-9-11-13-15-17-19-35-38-42-46-50-54-58-62-68(73)67(66-72)71-69(74)63-59-55-51-47-43-39-36-32-30-28-26-24-22-20-21-23-25-27-29-31-33-37-41-45-49-53-57-61-65-76-70(75)64-60-56-52-48-44-40-34-18-16-14-12-10-8-6-4-2/h12,14,18,34,67-68,72-73H,3-11,13,15-17,19-33,35-66H2,1-2H3,(H,71,74)/b14-12-,34-18-/t67-,68+/m0/s1. The number of unbranched alkanes of at least 4 members (excludes halogenated alkanes) is 50. The Morgan fingerprint density at radius 2 is 0.658 bits per heavy atom. The quantitative estimate of drug-likeness (QED) is 0.0320. The Hall–Kier alpha value is -1.66. The molecule has 0 bridgehead atoms. The lowest BCUT2D eigenvalue weighted by molar-refractivity contribution is -0.143. The van der Waals surface area contributed by atoms with Crippen LogP contribution in [0.2, 0.25) is 0 Å². The highest BCUT2D eigenvalue weighted by Crippen LogP contribution is 2.19. The average molecular weight is 1070 g/mol. The molecule has 0 radical (unpaired) electrons. The van der Waals surface area contributed by atoms with Gasteiger partial charge in [-0.25, -0.2) is 0 Å². The molecule has 0 aromatic carbocycles. The molecule has 0 aromatic heterocycles. The number of aliphatic hydroxyl groups excluding tert-OH is 2. The number of hydrogen-bond acceptors (Lipinski definition) is 5. The van der Waals surface area contributed by atoms with Crippen molar-refractivity contribution in [3.8, 4) is 0 Å². The fourth-order valence-electron chi connectivity index (χ4n) is 11.0. The van der Waals surface area contributed by atoms with Crippen molar-refractivity contribution < 1.29 is 24.5 Å². The summed E-state index contributed by atoms with van der Waals surface area (Å²) in [5.41, 5.74) is 0. The highest BCUT2D eigenvalue weighted by Gasteiger charge is 2.20. The zero-order valence-electron chi connectivity index (χ0n) is 51.5. The van der Waals surface area contributed by atoms with Crippen molar-refractivity contribution >= 4 is 11.9 Å². The largest absolute Gasteiger partial charge is 0.466 e. The van der Waals surface area contributed by atoms with Gasteiger partial charge in [-0.1, -0.05) is 340 Å². The van der Waals surface area contributed by atoms with E-state index in [1.54, 1.807) is 0 Å². The molecule has 0 aliphatic carbocycles. The minimum Gasteiger partial charge on any atom is -0.466 e. The Morgan fingerprint density at radius 1 is 0.368 bits per heavy atom. The molecule has 0 unspecified atom stereocenters. The van der Waals surface area contributed by atoms with Gasteiger partial charge in [0, 0.05) is 12.8 Å². The third-order valence-electron chi connectivity index (χ3n) is 16.3. The van der Waals surface area contributed by atoms with Gasteiger partial charge in [0.1, 0.15) is 0 Å². The number of carbonyl (C=O) groups is 2. The monoisotopic (exact) mass is 1070 g/mol. The van der Waals surface area contributed by atoms with Crippen LogP contribution in [0, 0.1) is 0 Å². The first kappa shape index (κ1) is 74.3. The Bertz CT molecular complexity index is 1190. The fourth-order valence-corrected chi connectivity index (χ4v) is 11.0. The van der Waals surface area contributed by atoms with E-state index < -0.39 is 12.1 Å². The summed E-state index contributed by atoms with van der Waals surface area (Å²) in [7, 11) is 0. The third kappa shape index (κ3) is 61.6. The van der Waals surface area contributed by atoms with E-state index in [2.05, 4.69) is 43.5 Å². The lowest BCUT2D eigenvalue weighted by atomic mass is 10.0. The van der Waals surface area contributed by atoms with Crippen LogP contribution in [0.5, 0.6) is 0 Å². The molecule has 0 aliphatic heterocycles. The molecule has 3 N–H and O–H groups in total. The van der Waals surface area contributed by atoms with Crippen molar-refractivity contribution in [3.05, 3.63) is 24.3 Å². The number of ether oxygens (including phenoxy) is 1. The second-order valence-corrected chi connectivity index (χ2v) is 23.9. The fraction of sp³-hybridized carbons (Fsp3) is 0.914. The van der Waals surface area contributed by atoms with E-state index in [1.807, 2.05) is 0 Å². The van der Waals surface area contributed by atoms with E-state index >= 15 is 0 Å². The Morgan fingerprint density at radius 3 is 1.03 bits per heavy atom. The van der Waals surface area contributed by atoms with Crippen LogP contribution in [0.4, 0.5) is 0 Å². The molecular formula is C70H135NO5. The molecule has 450 valence electrons. The van der Waals surface area contributed by atoms with E-state index in [4.69, 9.17) is 4.74 Å². The highest BCUT2D eigenvalue weighted by atomic mass is 16.5. The molecular weight excluding hydrogens is 935 g/mol. The molecule has 0 saturated heterocycles. The summed E-state index contributed by atoms with van der Waals surface area (Å²) in [6.07, 6.45) is 82.2. The van der Waals surface area contributed by atoms with Gasteiger partial charge in [-0.2, -0.15) is 0 Å². The van der Waals surface area contributed by atoms with Gasteiger partial charge < -0.3 is 20.3 Å². The zero-order chi connectivity index (χ0) is 55.0. The van der Waals surface area contributed by atoms with E-state index in [9.17, 15) is 19.8 Å². The zero-order valence-corrected chi connectivity index (χ0v) is 51.5. The molecule has 6 heteroatoms. The van der Waals surface area contributed by atoms with Gasteiger partial charge in [-0.05, 0) is 57.8 Å². The van der Waals surface area contributed by atoms with Crippen molar-refractivity contribution in [1.29, 1.82) is 0 Å². The number of hydrogen-bond donors (Lipinski definition) is 3. The van der Waals surface area contributed by atoms with Gasteiger partial charge in [0.2, 0.25) is 5.91 Å². The molecule has 2 atom stereocenters. The van der Waals surface area contributed by atoms with Gasteiger partial charge in [0.25, 0.3) is 0 Å². The maximum absolute atomic E-state index is 12.5. The number of allylic oxidation sites excluding steroid dienone is 4. The van der Waals surface area contributed by atoms with Crippen LogP contribution in [0.3, 0.4) is 0 Å². The molecule has 1 amide bonds. The van der Waals surface area contributed by atoms with Crippen LogP contribution < -0.4 is 5.32 Å². The summed E-state index contributed by atoms with van der Waals surface area (Å²) < 4.78 is 5.49. The molecule has 0 aliphatic rings. The Balaban J connectivity index is 3.34. The van der Waals surface area contributed by atoms with Crippen LogP contribution in [-0.4, -0.2) is 47.4 Å². The SMILES string of the molecule is CCCCC/C=C\C/C=C\CCCCCCCC(=O)OCCCCCCCCCCCCCCCCCCCCCCCCCCCCCCC(=O)N[C@@H](CO)[C@H](O)CCCCCCCCCCCCCCCCCC. The number of carbonyl (C=O) groups excluding carboxylic acids is 2. The lowest BCUT2D eigenvalue weighted by Gasteiger charge is -2.22. The smallest absolute Gasteiger partial charge is 0.305 e. The van der Waals surface area contributed by atoms with Gasteiger partial charge in [0.15, 0.2) is 0 Å². The van der Waals surface area contributed by atoms with Crippen LogP contribution in [0.15, 0.2) is 24.3 Å². The van der Waals surface area contributed by atoms with Crippen molar-refractivity contribution in [2.24, 2.45) is 0 Å². The second-order valence-electron chi connectivity index (χ2n) is 23.9. The Kier molecular flexibility index (Phi) is 64.4. The van der Waals surface area contributed by atoms with Crippen molar-refractivity contribution in [3.63, 3.8) is 0 Å². The van der Waals surface area contributed by atoms with Crippen LogP contribution in [0.1, 0.15) is 386 Å². The van der Waals surface area contributed by atoms with Crippen molar-refractivity contribution in [1.82, 2.24) is 5.32 Å². The first-order chi connectivity index (χ1) is 37.5. The minimum absolute atomic E-state index is 0.00536. The molecule has 76 heavy (non-hydrogen) atoms. The molecule has 0 rings (SSSR count). The molecule has 0 spiro atoms. The maximum atomic E-state index is 12.5. The van der Waals surface area contributed by atoms with E-state index in [0.29, 0.717) is 25.9 Å². The number of amides is 1. The van der Waals surface area contributed by atoms with Gasteiger partial charge in [-0.15, -0.1) is 0 Å². The molecule has 6 nitrogen and oxygen atoms in total. The summed E-state index contributed by atoms with van der Waals surface area (Å²) in [5, 5.41) is 23.3. The minimum atomic E-state index is -0.662. The van der Waals surface area contributed by atoms with E-state index in [0.717, 1.165) is 51.4 Å². The normalized spacial score (nSPS) is 12.6. The first-order valence-corrected chi connectivity index (χ1v) is 34.6. The number of nitrogens with one attached hydrogen (secondary N) is 1. The lowest BCUT2D eigenvalue weighted by Crippen LogP contribution is -2.45. The van der Waals surface area contributed by atoms with Gasteiger partial charge in [-0.3, -0.25) is 9.59 Å². The van der Waals surface area contributed by atoms with Crippen LogP contribution in [-0.2, 0) is 14.3 Å². The summed E-state index contributed by atoms with van der Waals surface area (Å²) in [6, 6.07) is -0.539. The molecule has 0 aromatic rings. The summed E-state index contributed by atoms with van der Waals surface area (Å²) in [4.78, 5) is 24.6. The predicted octanol–water partition coefficient (Wildman–Crippen LogP) is 22.1. The first-order valence-electron chi connectivity index (χ1n) is 34.6. The van der Waals surface area contributed by atoms with E-state index in [-0.39, 0.29) is 18.5 Å². The molecule has 0 fully saturated rings. The number of aliphatic hydroxyl groups is 2. The Labute approximate surface area is 475 Å². The highest BCUT2D eigenvalue weighted by molar-refractivity contribution is 5.76.